The molecule has 0 saturated heterocycles. The predicted molar refractivity (Wildman–Crippen MR) is 102 cm³/mol. The van der Waals surface area contributed by atoms with Gasteiger partial charge in [-0.1, -0.05) is 0 Å². The molecule has 0 radical (unpaired) electrons. The average Bonchev–Trinajstić information content (AvgIpc) is 2.48. The number of aliphatic imine (C=N–C) groups is 1. The van der Waals surface area contributed by atoms with Crippen LogP contribution in [0.25, 0.3) is 0 Å². The highest BCUT2D eigenvalue weighted by Gasteiger charge is 2.31. The van der Waals surface area contributed by atoms with E-state index in [0.29, 0.717) is 24.0 Å². The third-order valence-electron chi connectivity index (χ3n) is 3.15. The smallest absolute Gasteiger partial charge is 0.385 e. The maximum atomic E-state index is 12.2. The Morgan fingerprint density at radius 3 is 2.36 bits per heavy atom. The van der Waals surface area contributed by atoms with E-state index >= 15 is 0 Å². The first-order valence-electron chi connectivity index (χ1n) is 7.62. The maximum Gasteiger partial charge on any atom is 0.406 e. The quantitative estimate of drug-likeness (QED) is 0.208. The van der Waals surface area contributed by atoms with Crippen LogP contribution < -0.4 is 10.6 Å². The van der Waals surface area contributed by atoms with Crippen molar-refractivity contribution in [3.63, 3.8) is 0 Å². The van der Waals surface area contributed by atoms with Gasteiger partial charge in [0.1, 0.15) is 6.54 Å². The summed E-state index contributed by atoms with van der Waals surface area (Å²) in [6, 6.07) is 0. The van der Waals surface area contributed by atoms with Crippen LogP contribution in [0, 0.1) is 0 Å². The Morgan fingerprint density at radius 2 is 1.84 bits per heavy atom. The first-order chi connectivity index (χ1) is 11.2. The first kappa shape index (κ1) is 26.4. The average molecular weight is 483 g/mol. The molecule has 1 amide bonds. The lowest BCUT2D eigenvalue weighted by molar-refractivity contribution is -0.157. The van der Waals surface area contributed by atoms with Gasteiger partial charge in [-0.3, -0.25) is 9.79 Å². The van der Waals surface area contributed by atoms with Crippen LogP contribution in [-0.4, -0.2) is 95.4 Å². The molecular formula is C14H29F3IN5O2. The van der Waals surface area contributed by atoms with E-state index in [0.717, 1.165) is 26.6 Å². The maximum absolute atomic E-state index is 12.2. The van der Waals surface area contributed by atoms with Crippen molar-refractivity contribution in [2.45, 2.75) is 12.6 Å². The molecule has 0 aromatic heterocycles. The number of guanidine groups is 1. The second kappa shape index (κ2) is 14.4. The van der Waals surface area contributed by atoms with Gasteiger partial charge in [-0.2, -0.15) is 13.2 Å². The second-order valence-electron chi connectivity index (χ2n) is 5.37. The van der Waals surface area contributed by atoms with Crippen LogP contribution in [0.4, 0.5) is 13.2 Å². The van der Waals surface area contributed by atoms with Crippen LogP contribution >= 0.6 is 24.0 Å². The van der Waals surface area contributed by atoms with Gasteiger partial charge in [-0.15, -0.1) is 24.0 Å². The van der Waals surface area contributed by atoms with Gasteiger partial charge in [-0.25, -0.2) is 0 Å². The summed E-state index contributed by atoms with van der Waals surface area (Å²) in [5, 5.41) is 5.71. The highest BCUT2D eigenvalue weighted by molar-refractivity contribution is 14.0. The lowest BCUT2D eigenvalue weighted by Gasteiger charge is -2.20. The fourth-order valence-electron chi connectivity index (χ4n) is 1.83. The Hall–Kier alpha value is -0.820. The van der Waals surface area contributed by atoms with Gasteiger partial charge in [0, 0.05) is 47.4 Å². The predicted octanol–water partition coefficient (Wildman–Crippen LogP) is 0.758. The molecule has 150 valence electrons. The molecule has 0 heterocycles. The monoisotopic (exact) mass is 483 g/mol. The number of alkyl halides is 3. The molecule has 0 aromatic carbocycles. The number of hydrogen-bond acceptors (Lipinski definition) is 4. The zero-order valence-electron chi connectivity index (χ0n) is 15.2. The number of hydrogen-bond donors (Lipinski definition) is 2. The van der Waals surface area contributed by atoms with Crippen molar-refractivity contribution < 1.29 is 22.7 Å². The third-order valence-corrected chi connectivity index (χ3v) is 3.15. The highest BCUT2D eigenvalue weighted by atomic mass is 127. The summed E-state index contributed by atoms with van der Waals surface area (Å²) in [5.74, 6) is -0.291. The highest BCUT2D eigenvalue weighted by Crippen LogP contribution is 2.15. The minimum Gasteiger partial charge on any atom is -0.385 e. The minimum atomic E-state index is -4.41. The van der Waals surface area contributed by atoms with E-state index in [2.05, 4.69) is 20.5 Å². The first-order valence-corrected chi connectivity index (χ1v) is 7.62. The Labute approximate surface area is 164 Å². The van der Waals surface area contributed by atoms with E-state index in [-0.39, 0.29) is 30.5 Å². The van der Waals surface area contributed by atoms with Crippen molar-refractivity contribution in [2.75, 3.05) is 67.6 Å². The Balaban J connectivity index is 0. The van der Waals surface area contributed by atoms with E-state index in [1.165, 1.54) is 7.05 Å². The van der Waals surface area contributed by atoms with Crippen molar-refractivity contribution in [3.05, 3.63) is 0 Å². The molecule has 0 aromatic rings. The molecular weight excluding hydrogens is 454 g/mol. The van der Waals surface area contributed by atoms with Crippen molar-refractivity contribution >= 4 is 35.8 Å². The van der Waals surface area contributed by atoms with Gasteiger partial charge in [0.05, 0.1) is 6.54 Å². The summed E-state index contributed by atoms with van der Waals surface area (Å²) in [6.07, 6.45) is -3.47. The summed E-state index contributed by atoms with van der Waals surface area (Å²) in [5.41, 5.74) is 0. The third kappa shape index (κ3) is 15.2. The summed E-state index contributed by atoms with van der Waals surface area (Å²) in [4.78, 5) is 18.3. The number of carbonyl (C=O) groups excluding carboxylic acids is 1. The lowest BCUT2D eigenvalue weighted by atomic mass is 10.4. The molecule has 0 aliphatic carbocycles. The number of likely N-dealkylation sites (N-methyl/N-ethyl adjacent to an activating group) is 2. The Kier molecular flexibility index (Phi) is 15.2. The van der Waals surface area contributed by atoms with Crippen LogP contribution in [0.5, 0.6) is 0 Å². The topological polar surface area (TPSA) is 69.2 Å². The molecule has 25 heavy (non-hydrogen) atoms. The Bertz CT molecular complexity index is 397. The van der Waals surface area contributed by atoms with Gasteiger partial charge in [0.25, 0.3) is 0 Å². The normalized spacial score (nSPS) is 11.9. The summed E-state index contributed by atoms with van der Waals surface area (Å²) >= 11 is 0. The van der Waals surface area contributed by atoms with E-state index in [4.69, 9.17) is 4.74 Å². The van der Waals surface area contributed by atoms with Crippen LogP contribution in [-0.2, 0) is 9.53 Å². The molecule has 0 rings (SSSR count). The molecule has 0 spiro atoms. The van der Waals surface area contributed by atoms with Crippen LogP contribution in [0.3, 0.4) is 0 Å². The van der Waals surface area contributed by atoms with Gasteiger partial charge in [0.15, 0.2) is 5.96 Å². The van der Waals surface area contributed by atoms with E-state index in [1.807, 2.05) is 7.05 Å². The molecule has 0 unspecified atom stereocenters. The van der Waals surface area contributed by atoms with Crippen molar-refractivity contribution in [2.24, 2.45) is 4.99 Å². The molecule has 7 nitrogen and oxygen atoms in total. The molecule has 0 aliphatic heterocycles. The lowest BCUT2D eigenvalue weighted by Crippen LogP contribution is -2.46. The fourth-order valence-corrected chi connectivity index (χ4v) is 1.83. The number of nitrogens with zero attached hydrogens (tertiary/aromatic N) is 3. The van der Waals surface area contributed by atoms with Gasteiger partial charge < -0.3 is 25.2 Å². The SMILES string of the molecule is CN=C(NCCN(C)CCCOC)NCC(=O)N(C)CC(F)(F)F.I. The number of rotatable bonds is 10. The number of halogens is 4. The summed E-state index contributed by atoms with van der Waals surface area (Å²) < 4.78 is 41.6. The van der Waals surface area contributed by atoms with Gasteiger partial charge >= 0.3 is 6.18 Å². The molecule has 0 fully saturated rings. The molecule has 0 bridgehead atoms. The molecule has 0 atom stereocenters. The van der Waals surface area contributed by atoms with Gasteiger partial charge in [0.2, 0.25) is 5.91 Å². The van der Waals surface area contributed by atoms with Crippen LogP contribution in [0.1, 0.15) is 6.42 Å². The van der Waals surface area contributed by atoms with E-state index in [9.17, 15) is 18.0 Å². The molecule has 0 saturated carbocycles. The zero-order chi connectivity index (χ0) is 18.6. The number of nitrogens with one attached hydrogen (secondary N) is 2. The largest absolute Gasteiger partial charge is 0.406 e. The number of carbonyl (C=O) groups is 1. The van der Waals surface area contributed by atoms with Crippen molar-refractivity contribution in [1.29, 1.82) is 0 Å². The van der Waals surface area contributed by atoms with Crippen LogP contribution in [0.2, 0.25) is 0 Å². The fraction of sp³-hybridized carbons (Fsp3) is 0.857. The van der Waals surface area contributed by atoms with Crippen molar-refractivity contribution in [3.8, 4) is 0 Å². The summed E-state index contributed by atoms with van der Waals surface area (Å²) in [7, 11) is 6.28. The van der Waals surface area contributed by atoms with Crippen molar-refractivity contribution in [1.82, 2.24) is 20.4 Å². The van der Waals surface area contributed by atoms with E-state index < -0.39 is 18.6 Å². The Morgan fingerprint density at radius 1 is 1.20 bits per heavy atom. The minimum absolute atomic E-state index is 0. The van der Waals surface area contributed by atoms with E-state index in [1.54, 1.807) is 7.11 Å². The number of ether oxygens (including phenoxy) is 1. The number of methoxy groups -OCH3 is 1. The number of amides is 1. The standard InChI is InChI=1S/C14H28F3N5O2.HI/c1-18-13(19-6-8-21(2)7-5-9-24-4)20-10-12(23)22(3)11-14(15,16)17;/h5-11H2,1-4H3,(H2,18,19,20);1H. The summed E-state index contributed by atoms with van der Waals surface area (Å²) in [6.45, 7) is 1.42. The van der Waals surface area contributed by atoms with Crippen LogP contribution in [0.15, 0.2) is 4.99 Å². The second-order valence-corrected chi connectivity index (χ2v) is 5.37. The van der Waals surface area contributed by atoms with Gasteiger partial charge in [-0.05, 0) is 13.5 Å². The molecule has 11 heteroatoms. The molecule has 2 N–H and O–H groups in total. The zero-order valence-corrected chi connectivity index (χ0v) is 17.5. The molecule has 0 aliphatic rings.